The molecule has 126 valence electrons. The van der Waals surface area contributed by atoms with E-state index < -0.39 is 5.97 Å². The second kappa shape index (κ2) is 8.29. The second-order valence-corrected chi connectivity index (χ2v) is 5.71. The second-order valence-electron chi connectivity index (χ2n) is 5.71. The van der Waals surface area contributed by atoms with Crippen LogP contribution in [0.1, 0.15) is 37.0 Å². The van der Waals surface area contributed by atoms with Crippen LogP contribution in [0.2, 0.25) is 0 Å². The van der Waals surface area contributed by atoms with Crippen LogP contribution in [0.25, 0.3) is 10.8 Å². The number of fused-ring (bicyclic) bond motifs is 1. The molecule has 0 fully saturated rings. The third kappa shape index (κ3) is 4.44. The molecule has 3 aromatic rings. The van der Waals surface area contributed by atoms with Gasteiger partial charge in [-0.25, -0.2) is 4.79 Å². The summed E-state index contributed by atoms with van der Waals surface area (Å²) in [6.07, 6.45) is 2.20. The van der Waals surface area contributed by atoms with Crippen molar-refractivity contribution in [2.75, 3.05) is 18.0 Å². The molecule has 0 saturated heterocycles. The Hall–Kier alpha value is -2.62. The van der Waals surface area contributed by atoms with Gasteiger partial charge in [0, 0.05) is 29.5 Å². The number of carbonyl (C=O) groups is 1. The Labute approximate surface area is 142 Å². The molecule has 4 nitrogen and oxygen atoms in total. The topological polar surface area (TPSA) is 57.6 Å². The van der Waals surface area contributed by atoms with Crippen LogP contribution in [0.5, 0.6) is 0 Å². The van der Waals surface area contributed by atoms with E-state index in [9.17, 15) is 9.59 Å². The first-order valence-corrected chi connectivity index (χ1v) is 8.30. The zero-order valence-electron chi connectivity index (χ0n) is 14.2. The highest BCUT2D eigenvalue weighted by molar-refractivity contribution is 5.97. The van der Waals surface area contributed by atoms with E-state index in [0.29, 0.717) is 5.56 Å². The molecule has 0 aromatic heterocycles. The van der Waals surface area contributed by atoms with Crippen molar-refractivity contribution in [1.29, 1.82) is 0 Å². The van der Waals surface area contributed by atoms with Gasteiger partial charge in [0.25, 0.3) is 0 Å². The molecule has 0 atom stereocenters. The number of anilines is 1. The van der Waals surface area contributed by atoms with Gasteiger partial charge in [-0.3, -0.25) is 4.79 Å². The van der Waals surface area contributed by atoms with Gasteiger partial charge in [-0.2, -0.15) is 0 Å². The van der Waals surface area contributed by atoms with Crippen molar-refractivity contribution in [1.82, 2.24) is 0 Å². The van der Waals surface area contributed by atoms with Crippen molar-refractivity contribution in [2.45, 2.75) is 26.7 Å². The van der Waals surface area contributed by atoms with E-state index in [1.165, 1.54) is 0 Å². The van der Waals surface area contributed by atoms with Gasteiger partial charge in [-0.1, -0.05) is 38.1 Å². The van der Waals surface area contributed by atoms with E-state index in [4.69, 9.17) is 5.11 Å². The highest BCUT2D eigenvalue weighted by Crippen LogP contribution is 2.16. The van der Waals surface area contributed by atoms with Crippen LogP contribution in [0, 0.1) is 0 Å². The van der Waals surface area contributed by atoms with Gasteiger partial charge in [0.05, 0.1) is 5.56 Å². The van der Waals surface area contributed by atoms with Gasteiger partial charge < -0.3 is 10.0 Å². The van der Waals surface area contributed by atoms with Crippen LogP contribution in [0.3, 0.4) is 0 Å². The minimum Gasteiger partial charge on any atom is -0.478 e. The van der Waals surface area contributed by atoms with Crippen LogP contribution >= 0.6 is 0 Å². The smallest absolute Gasteiger partial charge is 0.335 e. The summed E-state index contributed by atoms with van der Waals surface area (Å²) < 4.78 is 0. The summed E-state index contributed by atoms with van der Waals surface area (Å²) in [5.74, 6) is -0.871. The molecule has 3 rings (SSSR count). The summed E-state index contributed by atoms with van der Waals surface area (Å²) in [4.78, 5) is 23.5. The van der Waals surface area contributed by atoms with Crippen LogP contribution < -0.4 is 10.3 Å². The normalized spacial score (nSPS) is 10.4. The SMILES string of the molecule is CCCN(CCC)c1ccc(C(=O)O)cc1.O=c1c2ccccc12. The van der Waals surface area contributed by atoms with Gasteiger partial charge in [0.15, 0.2) is 5.43 Å². The first-order valence-electron chi connectivity index (χ1n) is 8.30. The number of aromatic carboxylic acids is 1. The molecular formula is C20H23NO3. The highest BCUT2D eigenvalue weighted by Gasteiger charge is 2.08. The number of nitrogens with zero attached hydrogens (tertiary/aromatic N) is 1. The molecule has 0 saturated carbocycles. The van der Waals surface area contributed by atoms with Crippen LogP contribution in [-0.4, -0.2) is 24.2 Å². The van der Waals surface area contributed by atoms with E-state index >= 15 is 0 Å². The van der Waals surface area contributed by atoms with Crippen LogP contribution in [0.15, 0.2) is 53.3 Å². The Morgan fingerprint density at radius 3 is 1.79 bits per heavy atom. The van der Waals surface area contributed by atoms with Crippen molar-refractivity contribution < 1.29 is 9.90 Å². The Morgan fingerprint density at radius 2 is 1.42 bits per heavy atom. The zero-order chi connectivity index (χ0) is 17.5. The van der Waals surface area contributed by atoms with Crippen molar-refractivity contribution in [3.63, 3.8) is 0 Å². The van der Waals surface area contributed by atoms with Crippen molar-refractivity contribution in [2.24, 2.45) is 0 Å². The molecule has 0 heterocycles. The fraction of sp³-hybridized carbons (Fsp3) is 0.300. The monoisotopic (exact) mass is 325 g/mol. The molecule has 0 amide bonds. The van der Waals surface area contributed by atoms with Gasteiger partial charge >= 0.3 is 5.97 Å². The molecule has 24 heavy (non-hydrogen) atoms. The van der Waals surface area contributed by atoms with Gasteiger partial charge in [0.1, 0.15) is 0 Å². The largest absolute Gasteiger partial charge is 0.478 e. The summed E-state index contributed by atoms with van der Waals surface area (Å²) in [6.45, 7) is 6.32. The summed E-state index contributed by atoms with van der Waals surface area (Å²) in [5.41, 5.74) is 1.67. The molecule has 4 heteroatoms. The number of hydrogen-bond acceptors (Lipinski definition) is 3. The number of rotatable bonds is 6. The molecule has 0 aliphatic carbocycles. The van der Waals surface area contributed by atoms with E-state index in [0.717, 1.165) is 42.4 Å². The lowest BCUT2D eigenvalue weighted by Crippen LogP contribution is -2.24. The molecule has 1 N–H and O–H groups in total. The third-order valence-electron chi connectivity index (χ3n) is 3.82. The summed E-state index contributed by atoms with van der Waals surface area (Å²) in [6, 6.07) is 14.5. The minimum absolute atomic E-state index is 0.218. The number of carboxylic acid groups (broad SMARTS) is 1. The predicted octanol–water partition coefficient (Wildman–Crippen LogP) is 4.09. The average Bonchev–Trinajstić information content (AvgIpc) is 3.26. The molecule has 3 aromatic carbocycles. The van der Waals surface area contributed by atoms with Crippen molar-refractivity contribution in [3.8, 4) is 0 Å². The zero-order valence-corrected chi connectivity index (χ0v) is 14.2. The molecule has 0 bridgehead atoms. The molecular weight excluding hydrogens is 302 g/mol. The van der Waals surface area contributed by atoms with E-state index in [2.05, 4.69) is 18.7 Å². The Kier molecular flexibility index (Phi) is 6.13. The maximum absolute atomic E-state index is 10.7. The maximum atomic E-state index is 10.7. The Balaban J connectivity index is 0.000000214. The first kappa shape index (κ1) is 17.7. The Bertz CT molecular complexity index is 761. The summed E-state index contributed by atoms with van der Waals surface area (Å²) in [5, 5.41) is 10.6. The van der Waals surface area contributed by atoms with Crippen LogP contribution in [0.4, 0.5) is 5.69 Å². The molecule has 0 aliphatic heterocycles. The third-order valence-corrected chi connectivity index (χ3v) is 3.82. The minimum atomic E-state index is -0.871. The Morgan fingerprint density at radius 1 is 0.917 bits per heavy atom. The molecule has 0 aliphatic rings. The fourth-order valence-electron chi connectivity index (χ4n) is 2.56. The van der Waals surface area contributed by atoms with E-state index in [-0.39, 0.29) is 5.43 Å². The van der Waals surface area contributed by atoms with E-state index in [1.807, 2.05) is 36.4 Å². The van der Waals surface area contributed by atoms with E-state index in [1.54, 1.807) is 12.1 Å². The maximum Gasteiger partial charge on any atom is 0.335 e. The summed E-state index contributed by atoms with van der Waals surface area (Å²) in [7, 11) is 0. The van der Waals surface area contributed by atoms with Gasteiger partial charge in [-0.05, 0) is 37.1 Å². The number of benzene rings is 2. The lowest BCUT2D eigenvalue weighted by molar-refractivity contribution is 0.0697. The predicted molar refractivity (Wildman–Crippen MR) is 98.8 cm³/mol. The molecule has 0 spiro atoms. The standard InChI is InChI=1S/C13H19NO2.C7H4O/c1-3-9-14(10-4-2)12-7-5-11(6-8-12)13(15)16;8-7-5-3-1-2-4-6(5)7/h5-8H,3-4,9-10H2,1-2H3,(H,15,16);1-4H. The van der Waals surface area contributed by atoms with Crippen molar-refractivity contribution in [3.05, 3.63) is 64.3 Å². The van der Waals surface area contributed by atoms with Gasteiger partial charge in [0.2, 0.25) is 0 Å². The molecule has 0 radical (unpaired) electrons. The summed E-state index contributed by atoms with van der Waals surface area (Å²) >= 11 is 0. The number of carboxylic acids is 1. The number of hydrogen-bond donors (Lipinski definition) is 1. The fourth-order valence-corrected chi connectivity index (χ4v) is 2.56. The first-order chi connectivity index (χ1) is 11.6. The lowest BCUT2D eigenvalue weighted by atomic mass is 10.2. The van der Waals surface area contributed by atoms with Gasteiger partial charge in [-0.15, -0.1) is 0 Å². The molecule has 0 unspecified atom stereocenters. The average molecular weight is 325 g/mol. The van der Waals surface area contributed by atoms with Crippen molar-refractivity contribution >= 4 is 22.4 Å². The van der Waals surface area contributed by atoms with Crippen LogP contribution in [-0.2, 0) is 0 Å². The lowest BCUT2D eigenvalue weighted by Gasteiger charge is -2.23. The quantitative estimate of drug-likeness (QED) is 0.742. The highest BCUT2D eigenvalue weighted by atomic mass is 16.4.